The molecule has 0 unspecified atom stereocenters. The second kappa shape index (κ2) is 8.96. The molecule has 0 aliphatic carbocycles. The maximum Gasteiger partial charge on any atom is 0.262 e. The summed E-state index contributed by atoms with van der Waals surface area (Å²) in [5, 5.41) is 3.74. The van der Waals surface area contributed by atoms with Crippen LogP contribution in [0.25, 0.3) is 10.9 Å². The fourth-order valence-corrected chi connectivity index (χ4v) is 3.77. The summed E-state index contributed by atoms with van der Waals surface area (Å²) in [4.78, 5) is 29.9. The molecule has 0 radical (unpaired) electrons. The standard InChI is InChI=1S/C22H18FN3O3S/c23-16-9-7-15(8-10-16)12-24-20(27)14-30-22-25-19-6-2-1-5-18(19)21(28)26(22)13-17-4-3-11-29-17/h1-11H,12-14H2,(H,24,27). The fourth-order valence-electron chi connectivity index (χ4n) is 2.94. The normalized spacial score (nSPS) is 11.0. The van der Waals surface area contributed by atoms with Crippen LogP contribution in [0.3, 0.4) is 0 Å². The molecule has 4 aromatic rings. The molecule has 0 aliphatic rings. The maximum atomic E-state index is 13.0. The zero-order valence-electron chi connectivity index (χ0n) is 15.9. The van der Waals surface area contributed by atoms with Crippen LogP contribution in [-0.2, 0) is 17.9 Å². The van der Waals surface area contributed by atoms with Gasteiger partial charge in [0.25, 0.3) is 5.56 Å². The Bertz CT molecular complexity index is 1220. The van der Waals surface area contributed by atoms with Crippen LogP contribution in [0.15, 0.2) is 81.3 Å². The predicted molar refractivity (Wildman–Crippen MR) is 113 cm³/mol. The summed E-state index contributed by atoms with van der Waals surface area (Å²) < 4.78 is 19.9. The molecule has 0 fully saturated rings. The maximum absolute atomic E-state index is 13.0. The third kappa shape index (κ3) is 4.60. The molecule has 2 aromatic carbocycles. The highest BCUT2D eigenvalue weighted by atomic mass is 32.2. The van der Waals surface area contributed by atoms with Crippen molar-refractivity contribution in [2.45, 2.75) is 18.2 Å². The van der Waals surface area contributed by atoms with Gasteiger partial charge in [0.2, 0.25) is 5.91 Å². The minimum atomic E-state index is -0.322. The zero-order valence-corrected chi connectivity index (χ0v) is 16.7. The van der Waals surface area contributed by atoms with E-state index in [-0.39, 0.29) is 29.6 Å². The van der Waals surface area contributed by atoms with Crippen LogP contribution in [0.1, 0.15) is 11.3 Å². The highest BCUT2D eigenvalue weighted by molar-refractivity contribution is 7.99. The highest BCUT2D eigenvalue weighted by Crippen LogP contribution is 2.19. The number of furan rings is 1. The summed E-state index contributed by atoms with van der Waals surface area (Å²) in [5.74, 6) is 0.176. The van der Waals surface area contributed by atoms with Crippen LogP contribution in [-0.4, -0.2) is 21.2 Å². The van der Waals surface area contributed by atoms with Crippen molar-refractivity contribution in [3.05, 3.63) is 94.4 Å². The number of aromatic nitrogens is 2. The number of carbonyl (C=O) groups is 1. The van der Waals surface area contributed by atoms with Gasteiger partial charge in [-0.3, -0.25) is 14.2 Å². The molecule has 6 nitrogen and oxygen atoms in total. The topological polar surface area (TPSA) is 77.1 Å². The lowest BCUT2D eigenvalue weighted by Gasteiger charge is -2.12. The van der Waals surface area contributed by atoms with Crippen molar-refractivity contribution in [1.82, 2.24) is 14.9 Å². The van der Waals surface area contributed by atoms with Crippen molar-refractivity contribution in [2.24, 2.45) is 0 Å². The average molecular weight is 423 g/mol. The van der Waals surface area contributed by atoms with Crippen molar-refractivity contribution in [2.75, 3.05) is 5.75 Å². The number of nitrogens with one attached hydrogen (secondary N) is 1. The van der Waals surface area contributed by atoms with Gasteiger partial charge in [-0.2, -0.15) is 0 Å². The number of hydrogen-bond acceptors (Lipinski definition) is 5. The first-order chi connectivity index (χ1) is 14.6. The van der Waals surface area contributed by atoms with Gasteiger partial charge in [-0.25, -0.2) is 9.37 Å². The van der Waals surface area contributed by atoms with Gasteiger partial charge in [0.05, 0.1) is 29.5 Å². The van der Waals surface area contributed by atoms with Gasteiger partial charge in [0.15, 0.2) is 5.16 Å². The van der Waals surface area contributed by atoms with Crippen LogP contribution in [0.5, 0.6) is 0 Å². The number of fused-ring (bicyclic) bond motifs is 1. The second-order valence-electron chi connectivity index (χ2n) is 6.57. The van der Waals surface area contributed by atoms with Crippen LogP contribution in [0, 0.1) is 5.82 Å². The molecule has 152 valence electrons. The van der Waals surface area contributed by atoms with Crippen molar-refractivity contribution in [3.8, 4) is 0 Å². The Morgan fingerprint density at radius 2 is 1.90 bits per heavy atom. The van der Waals surface area contributed by atoms with Gasteiger partial charge in [-0.05, 0) is 42.0 Å². The molecule has 0 saturated heterocycles. The van der Waals surface area contributed by atoms with E-state index in [0.717, 1.165) is 5.56 Å². The first kappa shape index (κ1) is 19.9. The minimum absolute atomic E-state index is 0.0874. The van der Waals surface area contributed by atoms with Gasteiger partial charge in [0.1, 0.15) is 11.6 Å². The Morgan fingerprint density at radius 3 is 2.67 bits per heavy atom. The molecule has 2 aromatic heterocycles. The van der Waals surface area contributed by atoms with Crippen LogP contribution in [0.2, 0.25) is 0 Å². The molecule has 0 saturated carbocycles. The number of hydrogen-bond donors (Lipinski definition) is 1. The van der Waals surface area contributed by atoms with E-state index in [9.17, 15) is 14.0 Å². The number of nitrogens with zero attached hydrogens (tertiary/aromatic N) is 2. The summed E-state index contributed by atoms with van der Waals surface area (Å²) in [6.45, 7) is 0.521. The molecule has 0 aliphatic heterocycles. The Kier molecular flexibility index (Phi) is 5.94. The van der Waals surface area contributed by atoms with Gasteiger partial charge < -0.3 is 9.73 Å². The van der Waals surface area contributed by atoms with E-state index in [1.165, 1.54) is 28.5 Å². The van der Waals surface area contributed by atoms with Gasteiger partial charge in [0, 0.05) is 6.54 Å². The van der Waals surface area contributed by atoms with E-state index < -0.39 is 0 Å². The first-order valence-corrected chi connectivity index (χ1v) is 10.2. The summed E-state index contributed by atoms with van der Waals surface area (Å²) in [6.07, 6.45) is 1.55. The molecular formula is C22H18FN3O3S. The lowest BCUT2D eigenvalue weighted by atomic mass is 10.2. The number of rotatable bonds is 7. The van der Waals surface area contributed by atoms with Gasteiger partial charge in [-0.1, -0.05) is 36.0 Å². The number of halogens is 1. The second-order valence-corrected chi connectivity index (χ2v) is 7.52. The third-order valence-corrected chi connectivity index (χ3v) is 5.43. The van der Waals surface area contributed by atoms with Crippen molar-refractivity contribution < 1.29 is 13.6 Å². The van der Waals surface area contributed by atoms with Crippen molar-refractivity contribution >= 4 is 28.6 Å². The Balaban J connectivity index is 1.51. The number of benzene rings is 2. The number of carbonyl (C=O) groups excluding carboxylic acids is 1. The largest absolute Gasteiger partial charge is 0.467 e. The number of thioether (sulfide) groups is 1. The quantitative estimate of drug-likeness (QED) is 0.363. The lowest BCUT2D eigenvalue weighted by Crippen LogP contribution is -2.27. The van der Waals surface area contributed by atoms with Crippen LogP contribution < -0.4 is 10.9 Å². The molecule has 2 heterocycles. The molecular weight excluding hydrogens is 405 g/mol. The zero-order chi connectivity index (χ0) is 20.9. The van der Waals surface area contributed by atoms with E-state index >= 15 is 0 Å². The smallest absolute Gasteiger partial charge is 0.262 e. The Hall–Kier alpha value is -3.39. The van der Waals surface area contributed by atoms with Crippen molar-refractivity contribution in [1.29, 1.82) is 0 Å². The lowest BCUT2D eigenvalue weighted by molar-refractivity contribution is -0.118. The summed E-state index contributed by atoms with van der Waals surface area (Å²) in [5.41, 5.74) is 1.19. The van der Waals surface area contributed by atoms with Crippen LogP contribution >= 0.6 is 11.8 Å². The third-order valence-electron chi connectivity index (χ3n) is 4.46. The Morgan fingerprint density at radius 1 is 1.10 bits per heavy atom. The molecule has 0 spiro atoms. The average Bonchev–Trinajstić information content (AvgIpc) is 3.27. The molecule has 4 rings (SSSR count). The first-order valence-electron chi connectivity index (χ1n) is 9.26. The summed E-state index contributed by atoms with van der Waals surface area (Å²) >= 11 is 1.18. The predicted octanol–water partition coefficient (Wildman–Crippen LogP) is 3.59. The molecule has 8 heteroatoms. The van der Waals surface area contributed by atoms with Crippen molar-refractivity contribution in [3.63, 3.8) is 0 Å². The minimum Gasteiger partial charge on any atom is -0.467 e. The molecule has 0 atom stereocenters. The van der Waals surface area contributed by atoms with E-state index in [1.54, 1.807) is 48.7 Å². The van der Waals surface area contributed by atoms with E-state index in [4.69, 9.17) is 4.42 Å². The van der Waals surface area contributed by atoms with Gasteiger partial charge >= 0.3 is 0 Å². The molecule has 0 bridgehead atoms. The summed E-state index contributed by atoms with van der Waals surface area (Å²) in [7, 11) is 0. The van der Waals surface area contributed by atoms with Crippen LogP contribution in [0.4, 0.5) is 4.39 Å². The van der Waals surface area contributed by atoms with Gasteiger partial charge in [-0.15, -0.1) is 0 Å². The monoisotopic (exact) mass is 423 g/mol. The number of para-hydroxylation sites is 1. The molecule has 1 N–H and O–H groups in total. The Labute approximate surface area is 175 Å². The molecule has 30 heavy (non-hydrogen) atoms. The summed E-state index contributed by atoms with van der Waals surface area (Å²) in [6, 6.07) is 16.6. The van der Waals surface area contributed by atoms with E-state index in [2.05, 4.69) is 10.3 Å². The fraction of sp³-hybridized carbons (Fsp3) is 0.136. The van der Waals surface area contributed by atoms with E-state index in [1.807, 2.05) is 6.07 Å². The highest BCUT2D eigenvalue weighted by Gasteiger charge is 2.14. The SMILES string of the molecule is O=C(CSc1nc2ccccc2c(=O)n1Cc1ccco1)NCc1ccc(F)cc1. The molecule has 1 amide bonds. The van der Waals surface area contributed by atoms with E-state index in [0.29, 0.717) is 28.4 Å². The number of amides is 1.